The fourth-order valence-electron chi connectivity index (χ4n) is 2.89. The molecule has 0 aromatic carbocycles. The standard InChI is InChI=1S/C16H26N2O/c1-13(15-7-5-3-4-6-8-15)17-11-14-9-10-16(19-2)18-12-14/h9-10,12-13,15,17H,3-8,11H2,1-2H3/t13-/m0/s1. The van der Waals surface area contributed by atoms with E-state index < -0.39 is 0 Å². The molecule has 1 saturated carbocycles. The number of ether oxygens (including phenoxy) is 1. The lowest BCUT2D eigenvalue weighted by molar-refractivity contribution is 0.336. The lowest BCUT2D eigenvalue weighted by atomic mass is 9.93. The van der Waals surface area contributed by atoms with Crippen LogP contribution in [0.1, 0.15) is 51.0 Å². The number of pyridine rings is 1. The van der Waals surface area contributed by atoms with Gasteiger partial charge in [-0.15, -0.1) is 0 Å². The fourth-order valence-corrected chi connectivity index (χ4v) is 2.89. The number of methoxy groups -OCH3 is 1. The Hall–Kier alpha value is -1.09. The molecule has 3 nitrogen and oxygen atoms in total. The molecule has 1 atom stereocenters. The van der Waals surface area contributed by atoms with Crippen LogP contribution in [0.15, 0.2) is 18.3 Å². The maximum absolute atomic E-state index is 5.07. The molecule has 1 N–H and O–H groups in total. The summed E-state index contributed by atoms with van der Waals surface area (Å²) in [6.07, 6.45) is 10.3. The summed E-state index contributed by atoms with van der Waals surface area (Å²) in [5.41, 5.74) is 1.22. The first-order valence-corrected chi connectivity index (χ1v) is 7.52. The van der Waals surface area contributed by atoms with Crippen molar-refractivity contribution in [2.45, 2.75) is 58.0 Å². The van der Waals surface area contributed by atoms with E-state index >= 15 is 0 Å². The van der Waals surface area contributed by atoms with Crippen molar-refractivity contribution in [3.8, 4) is 5.88 Å². The molecule has 106 valence electrons. The predicted molar refractivity (Wildman–Crippen MR) is 78.3 cm³/mol. The highest BCUT2D eigenvalue weighted by Gasteiger charge is 2.18. The average Bonchev–Trinajstić information content (AvgIpc) is 2.74. The van der Waals surface area contributed by atoms with Gasteiger partial charge in [0, 0.05) is 24.8 Å². The van der Waals surface area contributed by atoms with Gasteiger partial charge >= 0.3 is 0 Å². The normalized spacial score (nSPS) is 18.8. The zero-order valence-electron chi connectivity index (χ0n) is 12.2. The smallest absolute Gasteiger partial charge is 0.212 e. The Bertz CT molecular complexity index is 356. The number of nitrogens with zero attached hydrogens (tertiary/aromatic N) is 1. The molecule has 0 bridgehead atoms. The number of hydrogen-bond acceptors (Lipinski definition) is 3. The zero-order chi connectivity index (χ0) is 13.5. The summed E-state index contributed by atoms with van der Waals surface area (Å²) in [7, 11) is 1.65. The maximum atomic E-state index is 5.07. The van der Waals surface area contributed by atoms with Crippen molar-refractivity contribution < 1.29 is 4.74 Å². The molecule has 1 aromatic rings. The van der Waals surface area contributed by atoms with Crippen LogP contribution < -0.4 is 10.1 Å². The Labute approximate surface area is 116 Å². The highest BCUT2D eigenvalue weighted by Crippen LogP contribution is 2.25. The molecule has 1 aliphatic carbocycles. The van der Waals surface area contributed by atoms with Crippen molar-refractivity contribution in [3.63, 3.8) is 0 Å². The van der Waals surface area contributed by atoms with E-state index in [2.05, 4.69) is 23.3 Å². The summed E-state index contributed by atoms with van der Waals surface area (Å²) in [5, 5.41) is 3.65. The van der Waals surface area contributed by atoms with Gasteiger partial charge in [-0.3, -0.25) is 0 Å². The average molecular weight is 262 g/mol. The van der Waals surface area contributed by atoms with Gasteiger partial charge in [0.2, 0.25) is 5.88 Å². The Balaban J connectivity index is 1.79. The van der Waals surface area contributed by atoms with Crippen molar-refractivity contribution in [1.82, 2.24) is 10.3 Å². The topological polar surface area (TPSA) is 34.1 Å². The maximum Gasteiger partial charge on any atom is 0.212 e. The number of nitrogens with one attached hydrogen (secondary N) is 1. The van der Waals surface area contributed by atoms with Gasteiger partial charge in [-0.05, 0) is 31.2 Å². The molecule has 0 aliphatic heterocycles. The van der Waals surface area contributed by atoms with Crippen LogP contribution >= 0.6 is 0 Å². The quantitative estimate of drug-likeness (QED) is 0.824. The fraction of sp³-hybridized carbons (Fsp3) is 0.688. The van der Waals surface area contributed by atoms with Crippen molar-refractivity contribution in [2.24, 2.45) is 5.92 Å². The molecule has 1 heterocycles. The second-order valence-corrected chi connectivity index (χ2v) is 5.63. The zero-order valence-corrected chi connectivity index (χ0v) is 12.2. The van der Waals surface area contributed by atoms with Gasteiger partial charge in [0.25, 0.3) is 0 Å². The van der Waals surface area contributed by atoms with Crippen LogP contribution in [0, 0.1) is 5.92 Å². The number of aromatic nitrogens is 1. The van der Waals surface area contributed by atoms with Crippen LogP contribution in [-0.2, 0) is 6.54 Å². The van der Waals surface area contributed by atoms with E-state index in [-0.39, 0.29) is 0 Å². The van der Waals surface area contributed by atoms with Crippen LogP contribution in [0.2, 0.25) is 0 Å². The Morgan fingerprint density at radius 2 is 2.00 bits per heavy atom. The molecule has 0 unspecified atom stereocenters. The third kappa shape index (κ3) is 4.50. The predicted octanol–water partition coefficient (Wildman–Crippen LogP) is 3.54. The lowest BCUT2D eigenvalue weighted by Crippen LogP contribution is -2.32. The van der Waals surface area contributed by atoms with Gasteiger partial charge in [0.15, 0.2) is 0 Å². The molecule has 1 aromatic heterocycles. The van der Waals surface area contributed by atoms with Gasteiger partial charge in [-0.2, -0.15) is 0 Å². The van der Waals surface area contributed by atoms with E-state index in [4.69, 9.17) is 4.74 Å². The minimum absolute atomic E-state index is 0.597. The third-order valence-corrected chi connectivity index (χ3v) is 4.24. The first-order valence-electron chi connectivity index (χ1n) is 7.52. The SMILES string of the molecule is COc1ccc(CN[C@@H](C)C2CCCCCC2)cn1. The monoisotopic (exact) mass is 262 g/mol. The Morgan fingerprint density at radius 3 is 2.58 bits per heavy atom. The molecule has 0 saturated heterocycles. The number of hydrogen-bond donors (Lipinski definition) is 1. The second kappa shape index (κ2) is 7.49. The minimum atomic E-state index is 0.597. The van der Waals surface area contributed by atoms with Crippen LogP contribution in [0.3, 0.4) is 0 Å². The Morgan fingerprint density at radius 1 is 1.26 bits per heavy atom. The second-order valence-electron chi connectivity index (χ2n) is 5.63. The molecule has 0 radical (unpaired) electrons. The van der Waals surface area contributed by atoms with Crippen LogP contribution in [0.4, 0.5) is 0 Å². The van der Waals surface area contributed by atoms with Crippen LogP contribution in [-0.4, -0.2) is 18.1 Å². The summed E-state index contributed by atoms with van der Waals surface area (Å²) in [4.78, 5) is 4.24. The van der Waals surface area contributed by atoms with Crippen molar-refractivity contribution >= 4 is 0 Å². The van der Waals surface area contributed by atoms with Crippen molar-refractivity contribution in [2.75, 3.05) is 7.11 Å². The first kappa shape index (κ1) is 14.3. The molecule has 0 amide bonds. The molecule has 1 aliphatic rings. The summed E-state index contributed by atoms with van der Waals surface area (Å²) < 4.78 is 5.07. The van der Waals surface area contributed by atoms with Crippen LogP contribution in [0.5, 0.6) is 5.88 Å². The molecule has 3 heteroatoms. The van der Waals surface area contributed by atoms with Gasteiger partial charge in [-0.1, -0.05) is 31.7 Å². The van der Waals surface area contributed by atoms with E-state index in [1.54, 1.807) is 7.11 Å². The third-order valence-electron chi connectivity index (χ3n) is 4.24. The number of rotatable bonds is 5. The van der Waals surface area contributed by atoms with E-state index in [0.717, 1.165) is 12.5 Å². The van der Waals surface area contributed by atoms with Gasteiger partial charge < -0.3 is 10.1 Å². The lowest BCUT2D eigenvalue weighted by Gasteiger charge is -2.23. The van der Waals surface area contributed by atoms with E-state index in [0.29, 0.717) is 11.9 Å². The molecule has 2 rings (SSSR count). The summed E-state index contributed by atoms with van der Waals surface area (Å²) in [6.45, 7) is 3.22. The minimum Gasteiger partial charge on any atom is -0.481 e. The van der Waals surface area contributed by atoms with Gasteiger partial charge in [0.1, 0.15) is 0 Å². The molecule has 1 fully saturated rings. The molecular weight excluding hydrogens is 236 g/mol. The van der Waals surface area contributed by atoms with Gasteiger partial charge in [0.05, 0.1) is 7.11 Å². The van der Waals surface area contributed by atoms with E-state index in [9.17, 15) is 0 Å². The first-order chi connectivity index (χ1) is 9.29. The summed E-state index contributed by atoms with van der Waals surface area (Å²) in [6, 6.07) is 4.60. The van der Waals surface area contributed by atoms with Gasteiger partial charge in [-0.25, -0.2) is 4.98 Å². The van der Waals surface area contributed by atoms with Crippen molar-refractivity contribution in [1.29, 1.82) is 0 Å². The largest absolute Gasteiger partial charge is 0.481 e. The van der Waals surface area contributed by atoms with Crippen LogP contribution in [0.25, 0.3) is 0 Å². The summed E-state index contributed by atoms with van der Waals surface area (Å²) >= 11 is 0. The van der Waals surface area contributed by atoms with Crippen molar-refractivity contribution in [3.05, 3.63) is 23.9 Å². The van der Waals surface area contributed by atoms with E-state index in [1.165, 1.54) is 44.1 Å². The van der Waals surface area contributed by atoms with E-state index in [1.807, 2.05) is 12.3 Å². The highest BCUT2D eigenvalue weighted by atomic mass is 16.5. The molecule has 0 spiro atoms. The molecular formula is C16H26N2O. The summed E-state index contributed by atoms with van der Waals surface area (Å²) in [5.74, 6) is 1.52. The highest BCUT2D eigenvalue weighted by molar-refractivity contribution is 5.17. The molecule has 19 heavy (non-hydrogen) atoms. The Kier molecular flexibility index (Phi) is 5.64.